The highest BCUT2D eigenvalue weighted by atomic mass is 16.6. The van der Waals surface area contributed by atoms with Crippen LogP contribution in [0, 0.1) is 10.1 Å². The molecule has 0 aromatic heterocycles. The van der Waals surface area contributed by atoms with E-state index in [1.54, 1.807) is 30.3 Å². The van der Waals surface area contributed by atoms with E-state index in [9.17, 15) is 15.2 Å². The third kappa shape index (κ3) is 2.97. The van der Waals surface area contributed by atoms with Gasteiger partial charge in [-0.05, 0) is 12.1 Å². The van der Waals surface area contributed by atoms with Gasteiger partial charge in [-0.25, -0.2) is 0 Å². The highest BCUT2D eigenvalue weighted by Gasteiger charge is 2.12. The SMILES string of the molecule is COc1ccc(NCc2ccccc2[N+](=O)[O-])cc1O. The van der Waals surface area contributed by atoms with Gasteiger partial charge in [0.1, 0.15) is 0 Å². The fourth-order valence-corrected chi connectivity index (χ4v) is 1.84. The number of hydrogen-bond acceptors (Lipinski definition) is 5. The van der Waals surface area contributed by atoms with E-state index in [-0.39, 0.29) is 11.4 Å². The minimum Gasteiger partial charge on any atom is -0.504 e. The molecule has 0 radical (unpaired) electrons. The van der Waals surface area contributed by atoms with Gasteiger partial charge in [-0.2, -0.15) is 0 Å². The number of hydrogen-bond donors (Lipinski definition) is 2. The molecule has 0 atom stereocenters. The zero-order valence-corrected chi connectivity index (χ0v) is 10.9. The van der Waals surface area contributed by atoms with Crippen LogP contribution in [0.1, 0.15) is 5.56 Å². The van der Waals surface area contributed by atoms with Gasteiger partial charge in [0.15, 0.2) is 11.5 Å². The van der Waals surface area contributed by atoms with Gasteiger partial charge in [0, 0.05) is 29.9 Å². The van der Waals surface area contributed by atoms with Gasteiger partial charge in [-0.1, -0.05) is 18.2 Å². The van der Waals surface area contributed by atoms with E-state index in [1.807, 2.05) is 0 Å². The molecule has 0 aliphatic rings. The Hall–Kier alpha value is -2.76. The number of nitrogens with zero attached hydrogens (tertiary/aromatic N) is 1. The second-order valence-corrected chi connectivity index (χ2v) is 4.13. The molecule has 0 spiro atoms. The van der Waals surface area contributed by atoms with Gasteiger partial charge >= 0.3 is 0 Å². The van der Waals surface area contributed by atoms with Crippen LogP contribution in [0.15, 0.2) is 42.5 Å². The van der Waals surface area contributed by atoms with Crippen LogP contribution in [0.2, 0.25) is 0 Å². The van der Waals surface area contributed by atoms with Gasteiger partial charge in [0.25, 0.3) is 5.69 Å². The molecule has 2 aromatic carbocycles. The molecule has 2 N–H and O–H groups in total. The standard InChI is InChI=1S/C14H14N2O4/c1-20-14-7-6-11(8-13(14)17)15-9-10-4-2-3-5-12(10)16(18)19/h2-8,15,17H,9H2,1H3. The lowest BCUT2D eigenvalue weighted by Gasteiger charge is -2.09. The molecule has 2 aromatic rings. The number of phenols is 1. The molecular weight excluding hydrogens is 260 g/mol. The molecule has 0 unspecified atom stereocenters. The van der Waals surface area contributed by atoms with Crippen LogP contribution in [0.3, 0.4) is 0 Å². The highest BCUT2D eigenvalue weighted by molar-refractivity contribution is 5.55. The summed E-state index contributed by atoms with van der Waals surface area (Å²) in [6.45, 7) is 0.295. The minimum absolute atomic E-state index is 0.0139. The maximum atomic E-state index is 10.9. The number of anilines is 1. The molecule has 104 valence electrons. The van der Waals surface area contributed by atoms with Crippen molar-refractivity contribution in [1.29, 1.82) is 0 Å². The van der Waals surface area contributed by atoms with Crippen LogP contribution in [0.5, 0.6) is 11.5 Å². The Labute approximate surface area is 115 Å². The van der Waals surface area contributed by atoms with Crippen LogP contribution in [-0.2, 0) is 6.54 Å². The van der Waals surface area contributed by atoms with Gasteiger partial charge < -0.3 is 15.2 Å². The van der Waals surface area contributed by atoms with Crippen molar-refractivity contribution < 1.29 is 14.8 Å². The van der Waals surface area contributed by atoms with Crippen LogP contribution in [0.25, 0.3) is 0 Å². The van der Waals surface area contributed by atoms with Gasteiger partial charge in [0.05, 0.1) is 12.0 Å². The number of para-hydroxylation sites is 1. The Balaban J connectivity index is 2.13. The molecular formula is C14H14N2O4. The predicted octanol–water partition coefficient (Wildman–Crippen LogP) is 2.92. The molecule has 6 heteroatoms. The van der Waals surface area contributed by atoms with Crippen LogP contribution < -0.4 is 10.1 Å². The lowest BCUT2D eigenvalue weighted by molar-refractivity contribution is -0.385. The van der Waals surface area contributed by atoms with Crippen LogP contribution in [-0.4, -0.2) is 17.1 Å². The fourth-order valence-electron chi connectivity index (χ4n) is 1.84. The van der Waals surface area contributed by atoms with Gasteiger partial charge in [0.2, 0.25) is 0 Å². The van der Waals surface area contributed by atoms with Crippen molar-refractivity contribution in [2.75, 3.05) is 12.4 Å². The molecule has 20 heavy (non-hydrogen) atoms. The molecule has 0 aliphatic heterocycles. The summed E-state index contributed by atoms with van der Waals surface area (Å²) in [5.41, 5.74) is 1.30. The van der Waals surface area contributed by atoms with Crippen LogP contribution in [0.4, 0.5) is 11.4 Å². The monoisotopic (exact) mass is 274 g/mol. The third-order valence-corrected chi connectivity index (χ3v) is 2.85. The molecule has 0 fully saturated rings. The first-order valence-electron chi connectivity index (χ1n) is 5.95. The topological polar surface area (TPSA) is 84.6 Å². The van der Waals surface area contributed by atoms with Crippen molar-refractivity contribution in [3.05, 3.63) is 58.1 Å². The lowest BCUT2D eigenvalue weighted by atomic mass is 10.1. The largest absolute Gasteiger partial charge is 0.504 e. The summed E-state index contributed by atoms with van der Waals surface area (Å²) in [4.78, 5) is 10.5. The Morgan fingerprint density at radius 1 is 1.30 bits per heavy atom. The quantitative estimate of drug-likeness (QED) is 0.646. The smallest absolute Gasteiger partial charge is 0.274 e. The first kappa shape index (κ1) is 13.7. The van der Waals surface area contributed by atoms with E-state index in [0.717, 1.165) is 0 Å². The Bertz CT molecular complexity index is 628. The maximum absolute atomic E-state index is 10.9. The molecule has 0 amide bonds. The number of methoxy groups -OCH3 is 1. The van der Waals surface area contributed by atoms with Crippen LogP contribution >= 0.6 is 0 Å². The van der Waals surface area contributed by atoms with E-state index >= 15 is 0 Å². The average Bonchev–Trinajstić information content (AvgIpc) is 2.45. The summed E-state index contributed by atoms with van der Waals surface area (Å²) in [6.07, 6.45) is 0. The van der Waals surface area contributed by atoms with Crippen molar-refractivity contribution in [2.24, 2.45) is 0 Å². The number of ether oxygens (including phenoxy) is 1. The molecule has 0 aliphatic carbocycles. The second kappa shape index (κ2) is 5.92. The Morgan fingerprint density at radius 3 is 2.70 bits per heavy atom. The summed E-state index contributed by atoms with van der Waals surface area (Å²) < 4.78 is 4.95. The fraction of sp³-hybridized carbons (Fsp3) is 0.143. The zero-order valence-electron chi connectivity index (χ0n) is 10.9. The Kier molecular flexibility index (Phi) is 4.05. The molecule has 0 saturated heterocycles. The molecule has 0 heterocycles. The number of nitro groups is 1. The summed E-state index contributed by atoms with van der Waals surface area (Å²) in [5.74, 6) is 0.390. The van der Waals surface area contributed by atoms with E-state index in [0.29, 0.717) is 23.5 Å². The second-order valence-electron chi connectivity index (χ2n) is 4.13. The summed E-state index contributed by atoms with van der Waals surface area (Å²) in [5, 5.41) is 23.6. The normalized spacial score (nSPS) is 10.1. The molecule has 2 rings (SSSR count). The van der Waals surface area contributed by atoms with Crippen molar-refractivity contribution in [1.82, 2.24) is 0 Å². The Morgan fingerprint density at radius 2 is 2.05 bits per heavy atom. The van der Waals surface area contributed by atoms with E-state index in [1.165, 1.54) is 19.2 Å². The van der Waals surface area contributed by atoms with Crippen molar-refractivity contribution in [3.8, 4) is 11.5 Å². The van der Waals surface area contributed by atoms with Gasteiger partial charge in [-0.3, -0.25) is 10.1 Å². The summed E-state index contributed by atoms with van der Waals surface area (Å²) in [6, 6.07) is 11.4. The van der Waals surface area contributed by atoms with Crippen molar-refractivity contribution >= 4 is 11.4 Å². The number of nitrogens with one attached hydrogen (secondary N) is 1. The highest BCUT2D eigenvalue weighted by Crippen LogP contribution is 2.29. The first-order valence-corrected chi connectivity index (χ1v) is 5.95. The molecule has 0 bridgehead atoms. The number of aromatic hydroxyl groups is 1. The van der Waals surface area contributed by atoms with E-state index in [2.05, 4.69) is 5.32 Å². The van der Waals surface area contributed by atoms with E-state index in [4.69, 9.17) is 4.74 Å². The number of benzene rings is 2. The lowest BCUT2D eigenvalue weighted by Crippen LogP contribution is -2.03. The first-order chi connectivity index (χ1) is 9.61. The van der Waals surface area contributed by atoms with E-state index < -0.39 is 4.92 Å². The molecule has 0 saturated carbocycles. The van der Waals surface area contributed by atoms with Gasteiger partial charge in [-0.15, -0.1) is 0 Å². The summed E-state index contributed by atoms with van der Waals surface area (Å²) >= 11 is 0. The third-order valence-electron chi connectivity index (χ3n) is 2.85. The average molecular weight is 274 g/mol. The number of phenolic OH excluding ortho intramolecular Hbond substituents is 1. The molecule has 6 nitrogen and oxygen atoms in total. The van der Waals surface area contributed by atoms with Crippen molar-refractivity contribution in [2.45, 2.75) is 6.54 Å². The number of nitro benzene ring substituents is 1. The van der Waals surface area contributed by atoms with Crippen molar-refractivity contribution in [3.63, 3.8) is 0 Å². The maximum Gasteiger partial charge on any atom is 0.274 e. The number of rotatable bonds is 5. The minimum atomic E-state index is -0.414. The summed E-state index contributed by atoms with van der Waals surface area (Å²) in [7, 11) is 1.47. The predicted molar refractivity (Wildman–Crippen MR) is 75.1 cm³/mol. The zero-order chi connectivity index (χ0) is 14.5.